The molecule has 6 aromatic rings. The van der Waals surface area contributed by atoms with Crippen molar-refractivity contribution < 1.29 is 4.79 Å². The number of benzene rings is 4. The van der Waals surface area contributed by atoms with Crippen molar-refractivity contribution in [2.24, 2.45) is 4.99 Å². The lowest BCUT2D eigenvalue weighted by Crippen LogP contribution is -2.40. The van der Waals surface area contributed by atoms with Gasteiger partial charge in [-0.1, -0.05) is 115 Å². The molecule has 0 spiro atoms. The highest BCUT2D eigenvalue weighted by molar-refractivity contribution is 7.07. The van der Waals surface area contributed by atoms with Gasteiger partial charge in [0.15, 0.2) is 4.80 Å². The van der Waals surface area contributed by atoms with Crippen LogP contribution in [-0.4, -0.2) is 15.0 Å². The number of para-hydroxylation sites is 2. The Bertz CT molecular complexity index is 2460. The minimum absolute atomic E-state index is 0.198. The molecule has 0 radical (unpaired) electrons. The SMILES string of the molecule is CC1=C(C(=O)Nc2ccccc2)[C@H](c2ccc(C(C)C)cc2)n2c(s/c(=C\c3c(C)n(Cc4ccc(Cl)cc4Cl)c4ccccc34)c2=O)=N1. The van der Waals surface area contributed by atoms with E-state index in [9.17, 15) is 9.59 Å². The lowest BCUT2D eigenvalue weighted by Gasteiger charge is -2.25. The van der Waals surface area contributed by atoms with Crippen molar-refractivity contribution in [1.29, 1.82) is 0 Å². The summed E-state index contributed by atoms with van der Waals surface area (Å²) in [5.41, 5.74) is 7.43. The first-order chi connectivity index (χ1) is 23.6. The lowest BCUT2D eigenvalue weighted by atomic mass is 9.93. The lowest BCUT2D eigenvalue weighted by molar-refractivity contribution is -0.113. The molecular formula is C40H34Cl2N4O2S. The number of amides is 1. The van der Waals surface area contributed by atoms with Crippen LogP contribution >= 0.6 is 34.5 Å². The minimum atomic E-state index is -0.655. The first kappa shape index (κ1) is 32.8. The van der Waals surface area contributed by atoms with Crippen LogP contribution < -0.4 is 20.2 Å². The third-order valence-corrected chi connectivity index (χ3v) is 10.7. The van der Waals surface area contributed by atoms with Gasteiger partial charge in [-0.3, -0.25) is 14.2 Å². The van der Waals surface area contributed by atoms with Gasteiger partial charge in [0.05, 0.1) is 21.8 Å². The summed E-state index contributed by atoms with van der Waals surface area (Å²) in [5, 5.41) is 5.24. The maximum Gasteiger partial charge on any atom is 0.271 e. The number of carbonyl (C=O) groups excluding carboxylic acids is 1. The van der Waals surface area contributed by atoms with E-state index in [1.165, 1.54) is 16.9 Å². The number of rotatable bonds is 7. The number of carbonyl (C=O) groups is 1. The van der Waals surface area contributed by atoms with Crippen molar-refractivity contribution in [1.82, 2.24) is 9.13 Å². The van der Waals surface area contributed by atoms with E-state index >= 15 is 0 Å². The highest BCUT2D eigenvalue weighted by atomic mass is 35.5. The first-order valence-electron chi connectivity index (χ1n) is 16.1. The van der Waals surface area contributed by atoms with Crippen molar-refractivity contribution in [3.63, 3.8) is 0 Å². The molecule has 1 aliphatic heterocycles. The van der Waals surface area contributed by atoms with E-state index < -0.39 is 6.04 Å². The first-order valence-corrected chi connectivity index (χ1v) is 17.7. The van der Waals surface area contributed by atoms with Gasteiger partial charge in [-0.25, -0.2) is 4.99 Å². The molecule has 6 nitrogen and oxygen atoms in total. The van der Waals surface area contributed by atoms with Crippen molar-refractivity contribution in [3.8, 4) is 0 Å². The van der Waals surface area contributed by atoms with E-state index in [2.05, 4.69) is 54.9 Å². The third kappa shape index (κ3) is 6.19. The number of nitrogens with one attached hydrogen (secondary N) is 1. The maximum atomic E-state index is 14.5. The number of aromatic nitrogens is 2. The van der Waals surface area contributed by atoms with E-state index in [4.69, 9.17) is 28.2 Å². The van der Waals surface area contributed by atoms with E-state index in [1.807, 2.05) is 79.7 Å². The molecule has 1 atom stereocenters. The molecule has 4 aromatic carbocycles. The van der Waals surface area contributed by atoms with Crippen LogP contribution in [0.4, 0.5) is 5.69 Å². The highest BCUT2D eigenvalue weighted by Gasteiger charge is 2.32. The summed E-state index contributed by atoms with van der Waals surface area (Å²) in [6.45, 7) is 8.73. The third-order valence-electron chi connectivity index (χ3n) is 9.12. The Morgan fingerprint density at radius 3 is 2.39 bits per heavy atom. The topological polar surface area (TPSA) is 68.4 Å². The zero-order chi connectivity index (χ0) is 34.4. The molecule has 1 aliphatic rings. The van der Waals surface area contributed by atoms with Gasteiger partial charge >= 0.3 is 0 Å². The van der Waals surface area contributed by atoms with Crippen LogP contribution in [0.15, 0.2) is 118 Å². The maximum absolute atomic E-state index is 14.5. The van der Waals surface area contributed by atoms with Crippen molar-refractivity contribution >= 4 is 63.1 Å². The zero-order valence-corrected chi connectivity index (χ0v) is 29.8. The molecule has 0 bridgehead atoms. The van der Waals surface area contributed by atoms with Crippen LogP contribution in [0.1, 0.15) is 60.7 Å². The summed E-state index contributed by atoms with van der Waals surface area (Å²) in [6, 6.07) is 30.6. The van der Waals surface area contributed by atoms with Gasteiger partial charge in [0.1, 0.15) is 0 Å². The number of halogens is 2. The van der Waals surface area contributed by atoms with E-state index in [-0.39, 0.29) is 11.5 Å². The highest BCUT2D eigenvalue weighted by Crippen LogP contribution is 2.33. The van der Waals surface area contributed by atoms with Crippen LogP contribution in [0.25, 0.3) is 17.0 Å². The molecule has 1 N–H and O–H groups in total. The average Bonchev–Trinajstić information content (AvgIpc) is 3.53. The number of fused-ring (bicyclic) bond motifs is 2. The number of hydrogen-bond donors (Lipinski definition) is 1. The predicted molar refractivity (Wildman–Crippen MR) is 202 cm³/mol. The second-order valence-corrected chi connectivity index (χ2v) is 14.4. The Morgan fingerprint density at radius 2 is 1.67 bits per heavy atom. The van der Waals surface area contributed by atoms with E-state index in [1.54, 1.807) is 10.6 Å². The Hall–Kier alpha value is -4.69. The van der Waals surface area contributed by atoms with E-state index in [0.29, 0.717) is 48.8 Å². The molecule has 0 unspecified atom stereocenters. The van der Waals surface area contributed by atoms with Crippen molar-refractivity contribution in [2.45, 2.75) is 46.2 Å². The van der Waals surface area contributed by atoms with Gasteiger partial charge in [0.25, 0.3) is 11.5 Å². The number of thiazole rings is 1. The summed E-state index contributed by atoms with van der Waals surface area (Å²) in [4.78, 5) is 33.9. The van der Waals surface area contributed by atoms with Crippen LogP contribution in [0.2, 0.25) is 10.0 Å². The molecule has 0 fully saturated rings. The zero-order valence-electron chi connectivity index (χ0n) is 27.5. The molecule has 246 valence electrons. The molecule has 0 saturated heterocycles. The predicted octanol–water partition coefficient (Wildman–Crippen LogP) is 8.62. The normalized spacial score (nSPS) is 14.8. The molecular weight excluding hydrogens is 671 g/mol. The number of anilines is 1. The second kappa shape index (κ2) is 13.3. The van der Waals surface area contributed by atoms with Crippen molar-refractivity contribution in [2.75, 3.05) is 5.32 Å². The van der Waals surface area contributed by atoms with Gasteiger partial charge < -0.3 is 9.88 Å². The van der Waals surface area contributed by atoms with Gasteiger partial charge in [-0.15, -0.1) is 0 Å². The molecule has 1 amide bonds. The van der Waals surface area contributed by atoms with Crippen LogP contribution in [0.3, 0.4) is 0 Å². The number of allylic oxidation sites excluding steroid dienone is 1. The monoisotopic (exact) mass is 704 g/mol. The van der Waals surface area contributed by atoms with Gasteiger partial charge in [0.2, 0.25) is 0 Å². The summed E-state index contributed by atoms with van der Waals surface area (Å²) >= 11 is 14.1. The molecule has 0 aliphatic carbocycles. The largest absolute Gasteiger partial charge is 0.340 e. The Labute approximate surface area is 298 Å². The number of nitrogens with zero attached hydrogens (tertiary/aromatic N) is 3. The van der Waals surface area contributed by atoms with Crippen molar-refractivity contribution in [3.05, 3.63) is 166 Å². The van der Waals surface area contributed by atoms with E-state index in [0.717, 1.165) is 33.3 Å². The second-order valence-electron chi connectivity index (χ2n) is 12.6. The molecule has 49 heavy (non-hydrogen) atoms. The Kier molecular flexibility index (Phi) is 8.92. The molecule has 0 saturated carbocycles. The quantitative estimate of drug-likeness (QED) is 0.181. The fourth-order valence-electron chi connectivity index (χ4n) is 6.51. The summed E-state index contributed by atoms with van der Waals surface area (Å²) < 4.78 is 4.42. The summed E-state index contributed by atoms with van der Waals surface area (Å²) in [7, 11) is 0. The van der Waals surface area contributed by atoms with Gasteiger partial charge in [0, 0.05) is 44.4 Å². The van der Waals surface area contributed by atoms with Crippen LogP contribution in [-0.2, 0) is 11.3 Å². The fraction of sp³-hybridized carbons (Fsp3) is 0.175. The standard InChI is InChI=1S/C40H34Cl2N4O2S/c1-23(2)26-14-16-27(17-15-26)37-36(38(47)44-30-10-6-5-7-11-30)24(3)43-40-46(37)39(48)35(49-40)21-32-25(4)45(34-13-9-8-12-31(32)34)22-28-18-19-29(41)20-33(28)42/h5-21,23,37H,22H2,1-4H3,(H,44,47)/b35-21-/t37-/m0/s1. The molecule has 3 heterocycles. The molecule has 7 rings (SSSR count). The molecule has 9 heteroatoms. The fourth-order valence-corrected chi connectivity index (χ4v) is 8.00. The minimum Gasteiger partial charge on any atom is -0.340 e. The summed E-state index contributed by atoms with van der Waals surface area (Å²) in [5.74, 6) is 0.0506. The Balaban J connectivity index is 1.38. The molecule has 2 aromatic heterocycles. The number of hydrogen-bond acceptors (Lipinski definition) is 4. The summed E-state index contributed by atoms with van der Waals surface area (Å²) in [6.07, 6.45) is 1.96. The Morgan fingerprint density at radius 1 is 0.959 bits per heavy atom. The van der Waals surface area contributed by atoms with Crippen LogP contribution in [0.5, 0.6) is 0 Å². The van der Waals surface area contributed by atoms with Crippen LogP contribution in [0, 0.1) is 6.92 Å². The van der Waals surface area contributed by atoms with Gasteiger partial charge in [-0.05, 0) is 72.9 Å². The average molecular weight is 706 g/mol. The van der Waals surface area contributed by atoms with Gasteiger partial charge in [-0.2, -0.15) is 0 Å². The smallest absolute Gasteiger partial charge is 0.271 e.